The van der Waals surface area contributed by atoms with Crippen molar-refractivity contribution in [3.63, 3.8) is 0 Å². The minimum absolute atomic E-state index is 0.0256. The third kappa shape index (κ3) is 3.23. The van der Waals surface area contributed by atoms with Gasteiger partial charge in [0.1, 0.15) is 5.76 Å². The van der Waals surface area contributed by atoms with E-state index in [0.717, 1.165) is 10.4 Å². The summed E-state index contributed by atoms with van der Waals surface area (Å²) in [6.07, 6.45) is -0.778. The van der Waals surface area contributed by atoms with Crippen LogP contribution in [0.4, 0.5) is 0 Å². The highest BCUT2D eigenvalue weighted by Crippen LogP contribution is 2.41. The molecule has 1 aromatic heterocycles. The Bertz CT molecular complexity index is 822. The number of nitrogens with zero attached hydrogens (tertiary/aromatic N) is 1. The number of hydrogen-bond acceptors (Lipinski definition) is 5. The van der Waals surface area contributed by atoms with Crippen molar-refractivity contribution in [2.75, 3.05) is 6.54 Å². The van der Waals surface area contributed by atoms with Gasteiger partial charge in [0.05, 0.1) is 17.7 Å². The second kappa shape index (κ2) is 6.82. The molecule has 1 fully saturated rings. The maximum atomic E-state index is 12.6. The highest BCUT2D eigenvalue weighted by Gasteiger charge is 2.46. The Morgan fingerprint density at radius 1 is 1.24 bits per heavy atom. The van der Waals surface area contributed by atoms with Crippen molar-refractivity contribution in [1.82, 2.24) is 4.90 Å². The molecule has 3 rings (SSSR count). The first kappa shape index (κ1) is 17.4. The van der Waals surface area contributed by atoms with E-state index in [0.29, 0.717) is 5.56 Å². The van der Waals surface area contributed by atoms with Crippen molar-refractivity contribution >= 4 is 28.8 Å². The molecule has 130 valence electrons. The first-order valence-corrected chi connectivity index (χ1v) is 8.85. The summed E-state index contributed by atoms with van der Waals surface area (Å²) >= 11 is 1.40. The van der Waals surface area contributed by atoms with E-state index in [-0.39, 0.29) is 17.9 Å². The minimum atomic E-state index is -0.778. The van der Waals surface area contributed by atoms with Crippen molar-refractivity contribution in [3.05, 3.63) is 63.4 Å². The molecule has 0 unspecified atom stereocenters. The number of aliphatic hydroxyl groups excluding tert-OH is 2. The number of benzene rings is 1. The van der Waals surface area contributed by atoms with Crippen LogP contribution in [0.25, 0.3) is 5.76 Å². The molecule has 0 radical (unpaired) electrons. The number of thiophene rings is 1. The molecule has 0 aliphatic carbocycles. The fraction of sp³-hybridized carbons (Fsp3) is 0.263. The molecule has 1 aliphatic heterocycles. The largest absolute Gasteiger partial charge is 0.507 e. The van der Waals surface area contributed by atoms with Crippen LogP contribution in [0.3, 0.4) is 0 Å². The number of hydrogen-bond donors (Lipinski definition) is 2. The normalized spacial score (nSPS) is 20.9. The van der Waals surface area contributed by atoms with E-state index in [1.54, 1.807) is 19.1 Å². The van der Waals surface area contributed by atoms with Gasteiger partial charge in [0, 0.05) is 17.0 Å². The van der Waals surface area contributed by atoms with Crippen molar-refractivity contribution in [2.24, 2.45) is 0 Å². The number of aryl methyl sites for hydroxylation is 1. The van der Waals surface area contributed by atoms with Gasteiger partial charge < -0.3 is 15.1 Å². The highest BCUT2D eigenvalue weighted by molar-refractivity contribution is 7.10. The van der Waals surface area contributed by atoms with Crippen LogP contribution in [-0.2, 0) is 9.59 Å². The fourth-order valence-corrected chi connectivity index (χ4v) is 3.81. The molecule has 6 heteroatoms. The molecule has 1 aliphatic rings. The molecule has 2 atom stereocenters. The van der Waals surface area contributed by atoms with Gasteiger partial charge >= 0.3 is 0 Å². The third-order valence-electron chi connectivity index (χ3n) is 4.14. The summed E-state index contributed by atoms with van der Waals surface area (Å²) in [5.74, 6) is -1.62. The number of amides is 1. The van der Waals surface area contributed by atoms with Gasteiger partial charge in [0.15, 0.2) is 0 Å². The third-order valence-corrected chi connectivity index (χ3v) is 5.06. The average Bonchev–Trinajstić information content (AvgIpc) is 3.17. The summed E-state index contributed by atoms with van der Waals surface area (Å²) in [4.78, 5) is 27.2. The van der Waals surface area contributed by atoms with Gasteiger partial charge in [0.2, 0.25) is 0 Å². The number of Topliss-reactive ketones (excluding diaryl/α,β-unsaturated/α-hetero) is 1. The van der Waals surface area contributed by atoms with Crippen molar-refractivity contribution in [2.45, 2.75) is 26.0 Å². The van der Waals surface area contributed by atoms with Gasteiger partial charge in [-0.2, -0.15) is 0 Å². The number of rotatable bonds is 4. The van der Waals surface area contributed by atoms with Gasteiger partial charge in [-0.1, -0.05) is 35.9 Å². The molecular weight excluding hydrogens is 338 g/mol. The van der Waals surface area contributed by atoms with E-state index >= 15 is 0 Å². The summed E-state index contributed by atoms with van der Waals surface area (Å²) in [6, 6.07) is 10.1. The van der Waals surface area contributed by atoms with Gasteiger partial charge in [-0.3, -0.25) is 9.59 Å². The lowest BCUT2D eigenvalue weighted by atomic mass is 9.99. The summed E-state index contributed by atoms with van der Waals surface area (Å²) in [5, 5.41) is 22.3. The van der Waals surface area contributed by atoms with Gasteiger partial charge in [-0.05, 0) is 25.3 Å². The van der Waals surface area contributed by atoms with E-state index < -0.39 is 23.8 Å². The second-order valence-electron chi connectivity index (χ2n) is 6.18. The van der Waals surface area contributed by atoms with Crippen molar-refractivity contribution in [1.29, 1.82) is 0 Å². The number of likely N-dealkylation sites (tertiary alicyclic amines) is 1. The predicted octanol–water partition coefficient (Wildman–Crippen LogP) is 2.86. The molecule has 2 heterocycles. The number of carbonyl (C=O) groups is 2. The van der Waals surface area contributed by atoms with Crippen LogP contribution in [0.15, 0.2) is 47.4 Å². The van der Waals surface area contributed by atoms with Gasteiger partial charge in [-0.15, -0.1) is 11.3 Å². The zero-order chi connectivity index (χ0) is 18.1. The Labute approximate surface area is 149 Å². The maximum Gasteiger partial charge on any atom is 0.295 e. The van der Waals surface area contributed by atoms with E-state index in [2.05, 4.69) is 0 Å². The lowest BCUT2D eigenvalue weighted by molar-refractivity contribution is -0.140. The van der Waals surface area contributed by atoms with E-state index in [1.165, 1.54) is 16.2 Å². The maximum absolute atomic E-state index is 12.6. The van der Waals surface area contributed by atoms with E-state index in [4.69, 9.17) is 0 Å². The Morgan fingerprint density at radius 2 is 1.92 bits per heavy atom. The fourth-order valence-electron chi connectivity index (χ4n) is 2.96. The molecule has 1 amide bonds. The number of β-amino-alcohol motifs (C(OH)–C–C–N with tert-alkyl or cyclic N) is 1. The number of carbonyl (C=O) groups excluding carboxylic acids is 2. The number of ketones is 1. The lowest BCUT2D eigenvalue weighted by Crippen LogP contribution is -2.35. The molecule has 25 heavy (non-hydrogen) atoms. The highest BCUT2D eigenvalue weighted by atomic mass is 32.1. The van der Waals surface area contributed by atoms with E-state index in [1.807, 2.05) is 36.6 Å². The quantitative estimate of drug-likeness (QED) is 0.501. The lowest BCUT2D eigenvalue weighted by Gasteiger charge is -2.25. The summed E-state index contributed by atoms with van der Waals surface area (Å²) in [6.45, 7) is 3.51. The molecule has 2 N–H and O–H groups in total. The van der Waals surface area contributed by atoms with Crippen LogP contribution in [-0.4, -0.2) is 39.5 Å². The minimum Gasteiger partial charge on any atom is -0.507 e. The Morgan fingerprint density at radius 3 is 2.48 bits per heavy atom. The predicted molar refractivity (Wildman–Crippen MR) is 96.2 cm³/mol. The van der Waals surface area contributed by atoms with Crippen LogP contribution in [0.2, 0.25) is 0 Å². The Kier molecular flexibility index (Phi) is 4.74. The van der Waals surface area contributed by atoms with Crippen LogP contribution in [0.1, 0.15) is 29.0 Å². The molecular formula is C19H19NO4S. The summed E-state index contributed by atoms with van der Waals surface area (Å²) < 4.78 is 0. The molecule has 1 saturated heterocycles. The zero-order valence-electron chi connectivity index (χ0n) is 14.0. The summed E-state index contributed by atoms with van der Waals surface area (Å²) in [7, 11) is 0. The first-order valence-electron chi connectivity index (χ1n) is 7.97. The molecule has 1 aromatic carbocycles. The second-order valence-corrected chi connectivity index (χ2v) is 7.16. The SMILES string of the molecule is Cc1ccc(C(O)=C2C(=O)C(=O)N(C[C@H](C)O)[C@H]2c2cccs2)cc1. The van der Waals surface area contributed by atoms with Crippen molar-refractivity contribution < 1.29 is 19.8 Å². The standard InChI is InChI=1S/C19H19NO4S/c1-11-5-7-13(8-6-11)17(22)15-16(14-4-3-9-25-14)20(10-12(2)21)19(24)18(15)23/h3-9,12,16,21-22H,10H2,1-2H3/t12-,16-/m0/s1. The molecule has 0 saturated carbocycles. The van der Waals surface area contributed by atoms with Crippen molar-refractivity contribution in [3.8, 4) is 0 Å². The van der Waals surface area contributed by atoms with Crippen LogP contribution in [0, 0.1) is 6.92 Å². The molecule has 5 nitrogen and oxygen atoms in total. The van der Waals surface area contributed by atoms with Crippen LogP contribution < -0.4 is 0 Å². The molecule has 0 spiro atoms. The zero-order valence-corrected chi connectivity index (χ0v) is 14.8. The van der Waals surface area contributed by atoms with Gasteiger partial charge in [0.25, 0.3) is 11.7 Å². The van der Waals surface area contributed by atoms with Crippen LogP contribution in [0.5, 0.6) is 0 Å². The Hall–Kier alpha value is -2.44. The Balaban J connectivity index is 2.15. The molecule has 2 aromatic rings. The van der Waals surface area contributed by atoms with Gasteiger partial charge in [-0.25, -0.2) is 0 Å². The number of aliphatic hydroxyl groups is 2. The average molecular weight is 357 g/mol. The smallest absolute Gasteiger partial charge is 0.295 e. The topological polar surface area (TPSA) is 77.8 Å². The monoisotopic (exact) mass is 357 g/mol. The van der Waals surface area contributed by atoms with Crippen LogP contribution >= 0.6 is 11.3 Å². The van der Waals surface area contributed by atoms with E-state index in [9.17, 15) is 19.8 Å². The molecule has 0 bridgehead atoms. The summed E-state index contributed by atoms with van der Waals surface area (Å²) in [5.41, 5.74) is 1.58. The first-order chi connectivity index (χ1) is 11.9.